The van der Waals surface area contributed by atoms with Gasteiger partial charge in [-0.2, -0.15) is 13.2 Å². The molecule has 2 aromatic rings. The lowest BCUT2D eigenvalue weighted by molar-refractivity contribution is -0.141. The number of Topliss-reactive ketones (excluding diaryl/α,β-unsaturated/α-hetero) is 1. The van der Waals surface area contributed by atoms with Crippen LogP contribution in [0.15, 0.2) is 42.6 Å². The molecule has 26 heavy (non-hydrogen) atoms. The number of alkyl halides is 3. The van der Waals surface area contributed by atoms with Crippen LogP contribution in [0.4, 0.5) is 13.2 Å². The Labute approximate surface area is 148 Å². The molecule has 2 fully saturated rings. The van der Waals surface area contributed by atoms with E-state index in [2.05, 4.69) is 10.3 Å². The van der Waals surface area contributed by atoms with E-state index in [0.717, 1.165) is 36.4 Å². The lowest BCUT2D eigenvalue weighted by Gasteiger charge is -2.23. The van der Waals surface area contributed by atoms with E-state index in [0.29, 0.717) is 6.04 Å². The van der Waals surface area contributed by atoms with Crippen LogP contribution in [0.25, 0.3) is 0 Å². The van der Waals surface area contributed by atoms with Crippen LogP contribution in [0, 0.1) is 0 Å². The standard InChI is InChI=1S/C19H17F3N2O2/c20-19(21,22)17-6-5-13(9-24-17)16(25)7-11-1-3-12(4-2-11)18-15-8-14(26-18)10-23-15/h1-6,9,14-15,18,23H,7-8,10H2/t14-,15-,18+/m1/s1. The molecular weight excluding hydrogens is 345 g/mol. The van der Waals surface area contributed by atoms with E-state index < -0.39 is 11.9 Å². The molecule has 1 aromatic carbocycles. The van der Waals surface area contributed by atoms with E-state index in [-0.39, 0.29) is 30.0 Å². The maximum Gasteiger partial charge on any atom is 0.433 e. The topological polar surface area (TPSA) is 51.2 Å². The minimum Gasteiger partial charge on any atom is -0.367 e. The highest BCUT2D eigenvalue weighted by Gasteiger charge is 2.41. The van der Waals surface area contributed by atoms with Crippen molar-refractivity contribution in [3.63, 3.8) is 0 Å². The van der Waals surface area contributed by atoms with Crippen molar-refractivity contribution in [2.75, 3.05) is 6.54 Å². The van der Waals surface area contributed by atoms with Crippen molar-refractivity contribution in [1.29, 1.82) is 0 Å². The third-order valence-corrected chi connectivity index (χ3v) is 4.88. The maximum absolute atomic E-state index is 12.5. The highest BCUT2D eigenvalue weighted by Crippen LogP contribution is 2.36. The van der Waals surface area contributed by atoms with Crippen molar-refractivity contribution in [3.8, 4) is 0 Å². The van der Waals surface area contributed by atoms with Gasteiger partial charge >= 0.3 is 6.18 Å². The summed E-state index contributed by atoms with van der Waals surface area (Å²) in [7, 11) is 0. The molecule has 7 heteroatoms. The Morgan fingerprint density at radius 3 is 2.50 bits per heavy atom. The van der Waals surface area contributed by atoms with Crippen LogP contribution >= 0.6 is 0 Å². The summed E-state index contributed by atoms with van der Waals surface area (Å²) in [6.07, 6.45) is -2.08. The zero-order valence-corrected chi connectivity index (χ0v) is 13.8. The highest BCUT2D eigenvalue weighted by molar-refractivity contribution is 5.97. The second-order valence-corrected chi connectivity index (χ2v) is 6.70. The lowest BCUT2D eigenvalue weighted by atomic mass is 9.99. The molecule has 0 unspecified atom stereocenters. The van der Waals surface area contributed by atoms with E-state index in [1.807, 2.05) is 24.3 Å². The smallest absolute Gasteiger partial charge is 0.367 e. The fraction of sp³-hybridized carbons (Fsp3) is 0.368. The first-order valence-electron chi connectivity index (χ1n) is 8.44. The van der Waals surface area contributed by atoms with Crippen LogP contribution in [0.1, 0.15) is 39.7 Å². The molecule has 4 rings (SSSR count). The van der Waals surface area contributed by atoms with Gasteiger partial charge in [0.25, 0.3) is 0 Å². The Bertz CT molecular complexity index is 803. The Hall–Kier alpha value is -2.25. The van der Waals surface area contributed by atoms with Crippen molar-refractivity contribution in [3.05, 3.63) is 65.0 Å². The molecule has 0 aliphatic carbocycles. The van der Waals surface area contributed by atoms with E-state index in [9.17, 15) is 18.0 Å². The number of carbonyl (C=O) groups is 1. The number of pyridine rings is 1. The minimum atomic E-state index is -4.51. The first kappa shape index (κ1) is 17.2. The molecule has 3 heterocycles. The fourth-order valence-corrected chi connectivity index (χ4v) is 3.52. The summed E-state index contributed by atoms with van der Waals surface area (Å²) < 4.78 is 43.5. The van der Waals surface area contributed by atoms with Gasteiger partial charge in [-0.3, -0.25) is 9.78 Å². The largest absolute Gasteiger partial charge is 0.433 e. The molecule has 0 spiro atoms. The number of benzene rings is 1. The molecule has 2 aliphatic heterocycles. The number of morpholine rings is 1. The highest BCUT2D eigenvalue weighted by atomic mass is 19.4. The summed E-state index contributed by atoms with van der Waals surface area (Å²) in [6.45, 7) is 0.898. The van der Waals surface area contributed by atoms with Crippen LogP contribution < -0.4 is 5.32 Å². The number of ketones is 1. The molecule has 0 radical (unpaired) electrons. The summed E-state index contributed by atoms with van der Waals surface area (Å²) in [5, 5.41) is 3.42. The van der Waals surface area contributed by atoms with Crippen LogP contribution in [0.2, 0.25) is 0 Å². The number of nitrogens with one attached hydrogen (secondary N) is 1. The van der Waals surface area contributed by atoms with Crippen LogP contribution in [-0.2, 0) is 17.3 Å². The molecule has 2 saturated heterocycles. The molecule has 0 saturated carbocycles. The number of carbonyl (C=O) groups excluding carboxylic acids is 1. The van der Waals surface area contributed by atoms with Crippen molar-refractivity contribution in [1.82, 2.24) is 10.3 Å². The average molecular weight is 362 g/mol. The maximum atomic E-state index is 12.5. The number of aromatic nitrogens is 1. The van der Waals surface area contributed by atoms with Gasteiger partial charge in [-0.1, -0.05) is 24.3 Å². The quantitative estimate of drug-likeness (QED) is 0.848. The van der Waals surface area contributed by atoms with Gasteiger partial charge in [0.05, 0.1) is 12.2 Å². The summed E-state index contributed by atoms with van der Waals surface area (Å²) in [5.41, 5.74) is 1.03. The molecule has 4 nitrogen and oxygen atoms in total. The summed E-state index contributed by atoms with van der Waals surface area (Å²) >= 11 is 0. The second kappa shape index (κ2) is 6.48. The fourth-order valence-electron chi connectivity index (χ4n) is 3.52. The Kier molecular flexibility index (Phi) is 4.28. The van der Waals surface area contributed by atoms with Gasteiger partial charge in [0.15, 0.2) is 5.78 Å². The van der Waals surface area contributed by atoms with Gasteiger partial charge in [-0.05, 0) is 29.7 Å². The molecule has 1 N–H and O–H groups in total. The van der Waals surface area contributed by atoms with Crippen molar-refractivity contribution in [2.45, 2.75) is 37.3 Å². The third-order valence-electron chi connectivity index (χ3n) is 4.88. The van der Waals surface area contributed by atoms with E-state index in [1.54, 1.807) is 0 Å². The van der Waals surface area contributed by atoms with E-state index >= 15 is 0 Å². The molecule has 0 amide bonds. The van der Waals surface area contributed by atoms with Crippen LogP contribution in [0.5, 0.6) is 0 Å². The lowest BCUT2D eigenvalue weighted by Crippen LogP contribution is -2.33. The summed E-state index contributed by atoms with van der Waals surface area (Å²) in [6, 6.07) is 9.95. The molecule has 2 aliphatic rings. The number of nitrogens with zero attached hydrogens (tertiary/aromatic N) is 1. The van der Waals surface area contributed by atoms with Gasteiger partial charge < -0.3 is 10.1 Å². The van der Waals surface area contributed by atoms with Crippen LogP contribution in [0.3, 0.4) is 0 Å². The van der Waals surface area contributed by atoms with Gasteiger partial charge in [0.2, 0.25) is 0 Å². The number of ether oxygens (including phenoxy) is 1. The summed E-state index contributed by atoms with van der Waals surface area (Å²) in [5.74, 6) is -0.267. The number of fused-ring (bicyclic) bond motifs is 2. The Balaban J connectivity index is 1.41. The van der Waals surface area contributed by atoms with E-state index in [1.165, 1.54) is 6.07 Å². The predicted molar refractivity (Wildman–Crippen MR) is 87.7 cm³/mol. The number of halogens is 3. The first-order valence-corrected chi connectivity index (χ1v) is 8.44. The molecule has 1 aromatic heterocycles. The number of rotatable bonds is 4. The zero-order valence-electron chi connectivity index (χ0n) is 13.8. The van der Waals surface area contributed by atoms with Gasteiger partial charge in [-0.25, -0.2) is 0 Å². The predicted octanol–water partition coefficient (Wildman–Crippen LogP) is 3.33. The van der Waals surface area contributed by atoms with E-state index in [4.69, 9.17) is 4.74 Å². The molecule has 2 bridgehead atoms. The van der Waals surface area contributed by atoms with Crippen molar-refractivity contribution in [2.24, 2.45) is 0 Å². The Morgan fingerprint density at radius 2 is 1.96 bits per heavy atom. The Morgan fingerprint density at radius 1 is 1.19 bits per heavy atom. The number of hydrogen-bond donors (Lipinski definition) is 1. The third kappa shape index (κ3) is 3.37. The minimum absolute atomic E-state index is 0.0395. The zero-order chi connectivity index (χ0) is 18.3. The normalized spacial score (nSPS) is 24.8. The van der Waals surface area contributed by atoms with Gasteiger partial charge in [-0.15, -0.1) is 0 Å². The monoisotopic (exact) mass is 362 g/mol. The first-order chi connectivity index (χ1) is 12.4. The SMILES string of the molecule is O=C(Cc1ccc([C@@H]2O[C@H]3CN[C@@H]2C3)cc1)c1ccc(C(F)(F)F)nc1. The average Bonchev–Trinajstić information content (AvgIpc) is 3.25. The summed E-state index contributed by atoms with van der Waals surface area (Å²) in [4.78, 5) is 15.6. The van der Waals surface area contributed by atoms with Crippen molar-refractivity contribution < 1.29 is 22.7 Å². The van der Waals surface area contributed by atoms with Crippen LogP contribution in [-0.4, -0.2) is 29.5 Å². The molecular formula is C19H17F3N2O2. The van der Waals surface area contributed by atoms with Gasteiger partial charge in [0, 0.05) is 30.8 Å². The molecule has 3 atom stereocenters. The second-order valence-electron chi connectivity index (χ2n) is 6.70. The molecule has 136 valence electrons. The van der Waals surface area contributed by atoms with Gasteiger partial charge in [0.1, 0.15) is 5.69 Å². The number of hydrogen-bond acceptors (Lipinski definition) is 4. The van der Waals surface area contributed by atoms with Crippen molar-refractivity contribution >= 4 is 5.78 Å².